The highest BCUT2D eigenvalue weighted by Crippen LogP contribution is 2.20. The van der Waals surface area contributed by atoms with E-state index < -0.39 is 6.10 Å². The molecular formula is C20H24ClNO2. The molecule has 2 aromatic rings. The summed E-state index contributed by atoms with van der Waals surface area (Å²) in [6, 6.07) is 15.3. The summed E-state index contributed by atoms with van der Waals surface area (Å²) in [4.78, 5) is 12.5. The molecule has 0 spiro atoms. The Kier molecular flexibility index (Phi) is 6.68. The van der Waals surface area contributed by atoms with E-state index in [1.54, 1.807) is 24.3 Å². The Morgan fingerprint density at radius 3 is 2.46 bits per heavy atom. The van der Waals surface area contributed by atoms with Gasteiger partial charge in [0.25, 0.3) is 5.91 Å². The Balaban J connectivity index is 1.99. The van der Waals surface area contributed by atoms with Gasteiger partial charge in [-0.25, -0.2) is 0 Å². The van der Waals surface area contributed by atoms with Crippen molar-refractivity contribution in [2.45, 2.75) is 45.8 Å². The third-order valence-corrected chi connectivity index (χ3v) is 4.22. The fourth-order valence-corrected chi connectivity index (χ4v) is 2.64. The van der Waals surface area contributed by atoms with E-state index in [4.69, 9.17) is 16.3 Å². The molecule has 0 unspecified atom stereocenters. The minimum atomic E-state index is -0.541. The lowest BCUT2D eigenvalue weighted by Gasteiger charge is -2.21. The van der Waals surface area contributed by atoms with Crippen LogP contribution in [-0.2, 0) is 11.2 Å². The fourth-order valence-electron chi connectivity index (χ4n) is 2.46. The molecule has 2 atom stereocenters. The Hall–Kier alpha value is -2.00. The van der Waals surface area contributed by atoms with Crippen LogP contribution >= 0.6 is 11.6 Å². The molecule has 0 saturated carbocycles. The Labute approximate surface area is 149 Å². The van der Waals surface area contributed by atoms with Crippen molar-refractivity contribution >= 4 is 17.5 Å². The number of carbonyl (C=O) groups excluding carboxylic acids is 1. The van der Waals surface area contributed by atoms with Crippen LogP contribution in [0.15, 0.2) is 48.5 Å². The number of rotatable bonds is 7. The number of ether oxygens (including phenoxy) is 1. The summed E-state index contributed by atoms with van der Waals surface area (Å²) < 4.78 is 5.78. The summed E-state index contributed by atoms with van der Waals surface area (Å²) in [6.45, 7) is 6.03. The zero-order valence-electron chi connectivity index (χ0n) is 14.4. The molecule has 0 saturated heterocycles. The second-order valence-electron chi connectivity index (χ2n) is 5.80. The van der Waals surface area contributed by atoms with Crippen molar-refractivity contribution in [1.82, 2.24) is 5.32 Å². The number of carbonyl (C=O) groups is 1. The van der Waals surface area contributed by atoms with Crippen LogP contribution in [0.4, 0.5) is 0 Å². The van der Waals surface area contributed by atoms with Gasteiger partial charge in [0.1, 0.15) is 5.75 Å². The van der Waals surface area contributed by atoms with E-state index in [0.29, 0.717) is 17.2 Å². The molecule has 0 aliphatic rings. The zero-order chi connectivity index (χ0) is 17.5. The SMILES string of the molecule is CCc1ccc([C@@H](C)NC(=O)[C@H](CC)Oc2cccc(Cl)c2)cc1. The van der Waals surface area contributed by atoms with E-state index in [1.165, 1.54) is 5.56 Å². The highest BCUT2D eigenvalue weighted by molar-refractivity contribution is 6.30. The number of hydrogen-bond acceptors (Lipinski definition) is 2. The Morgan fingerprint density at radius 1 is 1.17 bits per heavy atom. The van der Waals surface area contributed by atoms with Crippen LogP contribution in [0, 0.1) is 0 Å². The van der Waals surface area contributed by atoms with E-state index in [0.717, 1.165) is 12.0 Å². The lowest BCUT2D eigenvalue weighted by Crippen LogP contribution is -2.39. The fraction of sp³-hybridized carbons (Fsp3) is 0.350. The second-order valence-corrected chi connectivity index (χ2v) is 6.23. The number of nitrogens with one attached hydrogen (secondary N) is 1. The molecule has 0 aromatic heterocycles. The van der Waals surface area contributed by atoms with Crippen LogP contribution in [-0.4, -0.2) is 12.0 Å². The van der Waals surface area contributed by atoms with Gasteiger partial charge in [0, 0.05) is 5.02 Å². The van der Waals surface area contributed by atoms with Crippen molar-refractivity contribution in [3.8, 4) is 5.75 Å². The van der Waals surface area contributed by atoms with Crippen molar-refractivity contribution < 1.29 is 9.53 Å². The third kappa shape index (κ3) is 5.00. The van der Waals surface area contributed by atoms with Gasteiger partial charge in [-0.1, -0.05) is 55.8 Å². The molecule has 0 aliphatic carbocycles. The van der Waals surface area contributed by atoms with E-state index in [2.05, 4.69) is 36.5 Å². The maximum absolute atomic E-state index is 12.5. The summed E-state index contributed by atoms with van der Waals surface area (Å²) in [6.07, 6.45) is 1.05. The van der Waals surface area contributed by atoms with Gasteiger partial charge >= 0.3 is 0 Å². The van der Waals surface area contributed by atoms with Crippen LogP contribution < -0.4 is 10.1 Å². The molecule has 0 aliphatic heterocycles. The predicted molar refractivity (Wildman–Crippen MR) is 98.5 cm³/mol. The highest BCUT2D eigenvalue weighted by atomic mass is 35.5. The van der Waals surface area contributed by atoms with Gasteiger partial charge in [0.2, 0.25) is 0 Å². The van der Waals surface area contributed by atoms with Crippen molar-refractivity contribution in [2.75, 3.05) is 0 Å². The molecule has 1 amide bonds. The van der Waals surface area contributed by atoms with E-state index >= 15 is 0 Å². The molecule has 24 heavy (non-hydrogen) atoms. The number of aryl methyl sites for hydroxylation is 1. The molecule has 0 radical (unpaired) electrons. The average molecular weight is 346 g/mol. The lowest BCUT2D eigenvalue weighted by atomic mass is 10.0. The molecule has 0 fully saturated rings. The van der Waals surface area contributed by atoms with Gasteiger partial charge in [0.15, 0.2) is 6.10 Å². The summed E-state index contributed by atoms with van der Waals surface area (Å²) >= 11 is 5.96. The van der Waals surface area contributed by atoms with Gasteiger partial charge in [-0.2, -0.15) is 0 Å². The zero-order valence-corrected chi connectivity index (χ0v) is 15.1. The molecule has 3 nitrogen and oxygen atoms in total. The highest BCUT2D eigenvalue weighted by Gasteiger charge is 2.20. The number of halogens is 1. The standard InChI is InChI=1S/C20H24ClNO2/c1-4-15-9-11-16(12-10-15)14(3)22-20(23)19(5-2)24-18-8-6-7-17(21)13-18/h6-14,19H,4-5H2,1-3H3,(H,22,23)/t14-,19+/m1/s1. The van der Waals surface area contributed by atoms with Crippen LogP contribution in [0.2, 0.25) is 5.02 Å². The molecular weight excluding hydrogens is 322 g/mol. The van der Waals surface area contributed by atoms with Crippen molar-refractivity contribution in [3.05, 3.63) is 64.7 Å². The third-order valence-electron chi connectivity index (χ3n) is 3.98. The first-order chi connectivity index (χ1) is 11.5. The van der Waals surface area contributed by atoms with Gasteiger partial charge in [-0.05, 0) is 49.1 Å². The summed E-state index contributed by atoms with van der Waals surface area (Å²) in [7, 11) is 0. The van der Waals surface area contributed by atoms with Crippen LogP contribution in [0.1, 0.15) is 44.4 Å². The monoisotopic (exact) mass is 345 g/mol. The molecule has 4 heteroatoms. The van der Waals surface area contributed by atoms with Gasteiger partial charge in [0.05, 0.1) is 6.04 Å². The minimum Gasteiger partial charge on any atom is -0.481 e. The van der Waals surface area contributed by atoms with Gasteiger partial charge in [-0.15, -0.1) is 0 Å². The van der Waals surface area contributed by atoms with Gasteiger partial charge < -0.3 is 10.1 Å². The maximum atomic E-state index is 12.5. The first-order valence-corrected chi connectivity index (χ1v) is 8.72. The van der Waals surface area contributed by atoms with Crippen LogP contribution in [0.3, 0.4) is 0 Å². The first kappa shape index (κ1) is 18.3. The normalized spacial score (nSPS) is 13.2. The number of amides is 1. The van der Waals surface area contributed by atoms with E-state index in [-0.39, 0.29) is 11.9 Å². The molecule has 1 N–H and O–H groups in total. The topological polar surface area (TPSA) is 38.3 Å². The summed E-state index contributed by atoms with van der Waals surface area (Å²) in [5, 5.41) is 3.61. The first-order valence-electron chi connectivity index (χ1n) is 8.35. The van der Waals surface area contributed by atoms with Crippen molar-refractivity contribution in [1.29, 1.82) is 0 Å². The Morgan fingerprint density at radius 2 is 1.88 bits per heavy atom. The van der Waals surface area contributed by atoms with Crippen LogP contribution in [0.25, 0.3) is 0 Å². The van der Waals surface area contributed by atoms with Gasteiger partial charge in [-0.3, -0.25) is 4.79 Å². The van der Waals surface area contributed by atoms with E-state index in [9.17, 15) is 4.79 Å². The smallest absolute Gasteiger partial charge is 0.261 e. The van der Waals surface area contributed by atoms with Crippen molar-refractivity contribution in [3.63, 3.8) is 0 Å². The largest absolute Gasteiger partial charge is 0.481 e. The minimum absolute atomic E-state index is 0.0691. The second kappa shape index (κ2) is 8.74. The average Bonchev–Trinajstić information content (AvgIpc) is 2.59. The lowest BCUT2D eigenvalue weighted by molar-refractivity contribution is -0.128. The predicted octanol–water partition coefficient (Wildman–Crippen LogP) is 4.94. The molecule has 128 valence electrons. The number of hydrogen-bond donors (Lipinski definition) is 1. The molecule has 0 heterocycles. The molecule has 2 rings (SSSR count). The molecule has 2 aromatic carbocycles. The molecule has 0 bridgehead atoms. The summed E-state index contributed by atoms with van der Waals surface area (Å²) in [5.74, 6) is 0.481. The van der Waals surface area contributed by atoms with E-state index in [1.807, 2.05) is 13.8 Å². The number of benzene rings is 2. The Bertz CT molecular complexity index is 670. The maximum Gasteiger partial charge on any atom is 0.261 e. The summed E-state index contributed by atoms with van der Waals surface area (Å²) in [5.41, 5.74) is 2.37. The quantitative estimate of drug-likeness (QED) is 0.772. The van der Waals surface area contributed by atoms with Crippen molar-refractivity contribution in [2.24, 2.45) is 0 Å². The van der Waals surface area contributed by atoms with Crippen LogP contribution in [0.5, 0.6) is 5.75 Å².